The van der Waals surface area contributed by atoms with Gasteiger partial charge in [-0.2, -0.15) is 4.68 Å². The number of rotatable bonds is 3. The van der Waals surface area contributed by atoms with Gasteiger partial charge in [-0.15, -0.1) is 0 Å². The number of hydrogen-bond acceptors (Lipinski definition) is 3. The van der Waals surface area contributed by atoms with E-state index in [9.17, 15) is 4.79 Å². The molecule has 6 nitrogen and oxygen atoms in total. The summed E-state index contributed by atoms with van der Waals surface area (Å²) in [7, 11) is 0. The van der Waals surface area contributed by atoms with Crippen LogP contribution in [0.3, 0.4) is 0 Å². The smallest absolute Gasteiger partial charge is 0.277 e. The van der Waals surface area contributed by atoms with Gasteiger partial charge in [0.25, 0.3) is 5.56 Å². The molecule has 0 fully saturated rings. The molecule has 0 saturated heterocycles. The van der Waals surface area contributed by atoms with Crippen LogP contribution in [0.2, 0.25) is 0 Å². The zero-order chi connectivity index (χ0) is 13.1. The van der Waals surface area contributed by atoms with Crippen LogP contribution < -0.4 is 17.0 Å². The predicted octanol–water partition coefficient (Wildman–Crippen LogP) is 0.722. The monoisotopic (exact) mass is 261 g/mol. The molecule has 0 atom stereocenters. The van der Waals surface area contributed by atoms with E-state index in [4.69, 9.17) is 16.9 Å². The quantitative estimate of drug-likeness (QED) is 0.482. The number of nitrogens with two attached hydrogens (primary N) is 2. The molecule has 0 unspecified atom stereocenters. The van der Waals surface area contributed by atoms with Crippen molar-refractivity contribution < 1.29 is 0 Å². The number of hydrogen-bond donors (Lipinski definition) is 4. The first-order valence-corrected chi connectivity index (χ1v) is 5.59. The molecule has 0 bridgehead atoms. The molecule has 1 heterocycles. The standard InChI is InChI=1S/C12H15N5O.CH4/c13-7-6-9-10(8-4-2-1-3-5-8)16-17(11(9)18)12(14)15;/h1-5,16H,6-7,13H2,(H3,14,15);1H4. The van der Waals surface area contributed by atoms with Crippen molar-refractivity contribution in [2.45, 2.75) is 13.8 Å². The lowest BCUT2D eigenvalue weighted by Gasteiger charge is -2.00. The van der Waals surface area contributed by atoms with Crippen LogP contribution in [0.4, 0.5) is 0 Å². The van der Waals surface area contributed by atoms with Crippen molar-refractivity contribution in [3.05, 3.63) is 46.2 Å². The number of aromatic amines is 1. The van der Waals surface area contributed by atoms with Crippen LogP contribution in [0.1, 0.15) is 13.0 Å². The molecular formula is C13H19N5O. The van der Waals surface area contributed by atoms with Crippen LogP contribution in [0, 0.1) is 5.41 Å². The van der Waals surface area contributed by atoms with Crippen molar-refractivity contribution in [1.82, 2.24) is 9.78 Å². The predicted molar refractivity (Wildman–Crippen MR) is 77.3 cm³/mol. The van der Waals surface area contributed by atoms with Crippen molar-refractivity contribution >= 4 is 5.96 Å². The minimum Gasteiger partial charge on any atom is -0.368 e. The average molecular weight is 261 g/mol. The molecule has 1 aromatic carbocycles. The third-order valence-electron chi connectivity index (χ3n) is 2.68. The maximum absolute atomic E-state index is 12.0. The molecular weight excluding hydrogens is 242 g/mol. The summed E-state index contributed by atoms with van der Waals surface area (Å²) in [5.41, 5.74) is 12.7. The molecule has 6 heteroatoms. The highest BCUT2D eigenvalue weighted by Crippen LogP contribution is 2.19. The Kier molecular flexibility index (Phi) is 4.66. The molecule has 1 aromatic heterocycles. The highest BCUT2D eigenvalue weighted by Gasteiger charge is 2.15. The fourth-order valence-electron chi connectivity index (χ4n) is 1.86. The van der Waals surface area contributed by atoms with Crippen molar-refractivity contribution in [3.63, 3.8) is 0 Å². The van der Waals surface area contributed by atoms with Gasteiger partial charge in [0.1, 0.15) is 0 Å². The Hall–Kier alpha value is -2.34. The van der Waals surface area contributed by atoms with Crippen LogP contribution in [0.15, 0.2) is 35.1 Å². The molecule has 0 aliphatic carbocycles. The van der Waals surface area contributed by atoms with Crippen molar-refractivity contribution in [2.75, 3.05) is 6.54 Å². The molecule has 0 saturated carbocycles. The Morgan fingerprint density at radius 1 is 1.32 bits per heavy atom. The van der Waals surface area contributed by atoms with E-state index in [0.717, 1.165) is 10.2 Å². The van der Waals surface area contributed by atoms with E-state index in [2.05, 4.69) is 5.10 Å². The van der Waals surface area contributed by atoms with Crippen LogP contribution in [0.5, 0.6) is 0 Å². The summed E-state index contributed by atoms with van der Waals surface area (Å²) in [6, 6.07) is 9.42. The maximum Gasteiger partial charge on any atom is 0.277 e. The van der Waals surface area contributed by atoms with Crippen LogP contribution in [-0.4, -0.2) is 22.3 Å². The summed E-state index contributed by atoms with van der Waals surface area (Å²) in [6.45, 7) is 0.366. The lowest BCUT2D eigenvalue weighted by Crippen LogP contribution is -2.32. The number of benzene rings is 1. The van der Waals surface area contributed by atoms with Gasteiger partial charge in [0.2, 0.25) is 5.96 Å². The lowest BCUT2D eigenvalue weighted by molar-refractivity contribution is 0.876. The molecule has 2 rings (SSSR count). The molecule has 0 aliphatic heterocycles. The Bertz CT molecular complexity index is 612. The highest BCUT2D eigenvalue weighted by molar-refractivity contribution is 5.77. The molecule has 19 heavy (non-hydrogen) atoms. The number of nitrogen functional groups attached to an aromatic ring is 1. The average Bonchev–Trinajstić information content (AvgIpc) is 2.69. The third kappa shape index (κ3) is 2.74. The van der Waals surface area contributed by atoms with E-state index in [0.29, 0.717) is 24.2 Å². The summed E-state index contributed by atoms with van der Waals surface area (Å²) in [5.74, 6) is -0.333. The van der Waals surface area contributed by atoms with Crippen LogP contribution in [-0.2, 0) is 6.42 Å². The summed E-state index contributed by atoms with van der Waals surface area (Å²) in [5, 5.41) is 10.2. The maximum atomic E-state index is 12.0. The SMILES string of the molecule is C.N=C(N)n1[nH]c(-c2ccccc2)c(CCN)c1=O. The normalized spacial score (nSPS) is 9.95. The Morgan fingerprint density at radius 3 is 2.47 bits per heavy atom. The van der Waals surface area contributed by atoms with E-state index in [1.165, 1.54) is 0 Å². The topological polar surface area (TPSA) is 114 Å². The first-order chi connectivity index (χ1) is 8.65. The van der Waals surface area contributed by atoms with Gasteiger partial charge in [0, 0.05) is 5.56 Å². The molecule has 0 aliphatic rings. The molecule has 0 spiro atoms. The van der Waals surface area contributed by atoms with Crippen molar-refractivity contribution in [3.8, 4) is 11.3 Å². The minimum absolute atomic E-state index is 0. The lowest BCUT2D eigenvalue weighted by atomic mass is 10.1. The number of aromatic nitrogens is 2. The zero-order valence-electron chi connectivity index (χ0n) is 9.81. The highest BCUT2D eigenvalue weighted by atomic mass is 16.1. The second-order valence-corrected chi connectivity index (χ2v) is 3.90. The Balaban J connectivity index is 0.00000180. The van der Waals surface area contributed by atoms with Crippen LogP contribution in [0.25, 0.3) is 11.3 Å². The summed E-state index contributed by atoms with van der Waals surface area (Å²) in [4.78, 5) is 12.0. The van der Waals surface area contributed by atoms with E-state index in [1.807, 2.05) is 30.3 Å². The molecule has 0 amide bonds. The van der Waals surface area contributed by atoms with Gasteiger partial charge < -0.3 is 11.5 Å². The van der Waals surface area contributed by atoms with E-state index in [1.54, 1.807) is 0 Å². The van der Waals surface area contributed by atoms with Gasteiger partial charge in [0.15, 0.2) is 0 Å². The van der Waals surface area contributed by atoms with Crippen LogP contribution >= 0.6 is 0 Å². The summed E-state index contributed by atoms with van der Waals surface area (Å²) in [6.07, 6.45) is 0.444. The van der Waals surface area contributed by atoms with E-state index in [-0.39, 0.29) is 18.9 Å². The van der Waals surface area contributed by atoms with E-state index >= 15 is 0 Å². The zero-order valence-corrected chi connectivity index (χ0v) is 9.81. The van der Waals surface area contributed by atoms with Crippen molar-refractivity contribution in [1.29, 1.82) is 5.41 Å². The summed E-state index contributed by atoms with van der Waals surface area (Å²) >= 11 is 0. The second-order valence-electron chi connectivity index (χ2n) is 3.90. The third-order valence-corrected chi connectivity index (χ3v) is 2.68. The fourth-order valence-corrected chi connectivity index (χ4v) is 1.86. The van der Waals surface area contributed by atoms with Gasteiger partial charge in [-0.25, -0.2) is 0 Å². The Morgan fingerprint density at radius 2 is 1.95 bits per heavy atom. The minimum atomic E-state index is -0.333. The molecule has 6 N–H and O–H groups in total. The van der Waals surface area contributed by atoms with Gasteiger partial charge in [-0.3, -0.25) is 15.3 Å². The van der Waals surface area contributed by atoms with Gasteiger partial charge in [-0.05, 0) is 18.5 Å². The molecule has 0 radical (unpaired) electrons. The Labute approximate surface area is 111 Å². The second kappa shape index (κ2) is 6.01. The fraction of sp³-hybridized carbons (Fsp3) is 0.231. The number of nitrogens with one attached hydrogen (secondary N) is 2. The summed E-state index contributed by atoms with van der Waals surface area (Å²) < 4.78 is 1.02. The number of H-pyrrole nitrogens is 1. The van der Waals surface area contributed by atoms with Gasteiger partial charge in [-0.1, -0.05) is 37.8 Å². The van der Waals surface area contributed by atoms with Gasteiger partial charge in [0.05, 0.1) is 5.69 Å². The van der Waals surface area contributed by atoms with Crippen molar-refractivity contribution in [2.24, 2.45) is 11.5 Å². The van der Waals surface area contributed by atoms with Gasteiger partial charge >= 0.3 is 0 Å². The first-order valence-electron chi connectivity index (χ1n) is 5.59. The molecule has 2 aromatic rings. The molecule has 102 valence electrons. The van der Waals surface area contributed by atoms with E-state index < -0.39 is 0 Å². The largest absolute Gasteiger partial charge is 0.368 e. The number of nitrogens with zero attached hydrogens (tertiary/aromatic N) is 1. The first kappa shape index (κ1) is 14.7.